The fourth-order valence-electron chi connectivity index (χ4n) is 4.83. The first kappa shape index (κ1) is 21.6. The molecule has 2 fully saturated rings. The molecular formula is C26H29N3O4. The minimum absolute atomic E-state index is 0.0375. The Labute approximate surface area is 193 Å². The molecule has 33 heavy (non-hydrogen) atoms. The normalized spacial score (nSPS) is 22.5. The number of hydrogen-bond donors (Lipinski definition) is 1. The van der Waals surface area contributed by atoms with Crippen molar-refractivity contribution in [1.29, 1.82) is 0 Å². The van der Waals surface area contributed by atoms with Crippen molar-refractivity contribution in [2.45, 2.75) is 44.2 Å². The van der Waals surface area contributed by atoms with Gasteiger partial charge in [-0.25, -0.2) is 4.98 Å². The van der Waals surface area contributed by atoms with Crippen molar-refractivity contribution < 1.29 is 18.7 Å². The van der Waals surface area contributed by atoms with Crippen molar-refractivity contribution in [3.05, 3.63) is 54.1 Å². The molecule has 0 radical (unpaired) electrons. The van der Waals surface area contributed by atoms with Crippen LogP contribution in [0.15, 0.2) is 52.9 Å². The van der Waals surface area contributed by atoms with Crippen molar-refractivity contribution in [2.24, 2.45) is 5.92 Å². The van der Waals surface area contributed by atoms with Gasteiger partial charge in [-0.3, -0.25) is 9.59 Å². The molecule has 172 valence electrons. The molecule has 7 nitrogen and oxygen atoms in total. The fraction of sp³-hybridized carbons (Fsp3) is 0.423. The van der Waals surface area contributed by atoms with Crippen molar-refractivity contribution in [2.75, 3.05) is 20.2 Å². The molecule has 1 saturated heterocycles. The van der Waals surface area contributed by atoms with Gasteiger partial charge < -0.3 is 19.4 Å². The summed E-state index contributed by atoms with van der Waals surface area (Å²) < 4.78 is 11.4. The lowest BCUT2D eigenvalue weighted by Crippen LogP contribution is -2.38. The molecule has 0 spiro atoms. The number of carbonyl (C=O) groups excluding carboxylic acids is 2. The quantitative estimate of drug-likeness (QED) is 0.617. The Morgan fingerprint density at radius 1 is 1.09 bits per heavy atom. The van der Waals surface area contributed by atoms with E-state index in [0.717, 1.165) is 49.0 Å². The van der Waals surface area contributed by atoms with Crippen LogP contribution in [0.4, 0.5) is 0 Å². The highest BCUT2D eigenvalue weighted by molar-refractivity contribution is 5.95. The monoisotopic (exact) mass is 447 g/mol. The Balaban J connectivity index is 1.18. The highest BCUT2D eigenvalue weighted by atomic mass is 16.5. The molecule has 2 amide bonds. The predicted octanol–water partition coefficient (Wildman–Crippen LogP) is 4.03. The van der Waals surface area contributed by atoms with Gasteiger partial charge in [0.25, 0.3) is 5.91 Å². The molecule has 1 saturated carbocycles. The molecule has 0 bridgehead atoms. The highest BCUT2D eigenvalue weighted by Crippen LogP contribution is 2.30. The number of amides is 2. The maximum atomic E-state index is 13.1. The van der Waals surface area contributed by atoms with Crippen LogP contribution in [-0.2, 0) is 9.53 Å². The number of ether oxygens (including phenoxy) is 1. The summed E-state index contributed by atoms with van der Waals surface area (Å²) in [5, 5.41) is 3.04. The molecule has 1 aliphatic heterocycles. The maximum absolute atomic E-state index is 13.1. The van der Waals surface area contributed by atoms with Crippen molar-refractivity contribution >= 4 is 22.9 Å². The van der Waals surface area contributed by atoms with Gasteiger partial charge in [0, 0.05) is 43.3 Å². The molecule has 1 N–H and O–H groups in total. The smallest absolute Gasteiger partial charge is 0.253 e. The number of benzene rings is 2. The van der Waals surface area contributed by atoms with E-state index in [-0.39, 0.29) is 29.9 Å². The molecule has 3 atom stereocenters. The van der Waals surface area contributed by atoms with E-state index in [0.29, 0.717) is 24.4 Å². The number of aromatic nitrogens is 1. The average Bonchev–Trinajstić information content (AvgIpc) is 3.62. The Hall–Kier alpha value is -3.19. The zero-order chi connectivity index (χ0) is 22.8. The zero-order valence-corrected chi connectivity index (χ0v) is 18.8. The number of carbonyl (C=O) groups is 2. The Morgan fingerprint density at radius 2 is 1.91 bits per heavy atom. The third kappa shape index (κ3) is 4.64. The van der Waals surface area contributed by atoms with E-state index in [1.807, 2.05) is 55.6 Å². The van der Waals surface area contributed by atoms with Crippen LogP contribution < -0.4 is 5.32 Å². The number of oxazole rings is 1. The molecule has 5 rings (SSSR count). The SMILES string of the molecule is CN(C(=O)c1ccc(-c2nc3ccccc3o2)cc1)[C@@H]1CC[C@H](C(=O)NC[C@H]2CCCO2)C1. The average molecular weight is 448 g/mol. The third-order valence-corrected chi connectivity index (χ3v) is 6.84. The van der Waals surface area contributed by atoms with Crippen LogP contribution in [0, 0.1) is 5.92 Å². The third-order valence-electron chi connectivity index (χ3n) is 6.84. The van der Waals surface area contributed by atoms with Crippen LogP contribution in [0.3, 0.4) is 0 Å². The molecule has 2 aliphatic rings. The summed E-state index contributed by atoms with van der Waals surface area (Å²) in [6, 6.07) is 15.0. The predicted molar refractivity (Wildman–Crippen MR) is 125 cm³/mol. The lowest BCUT2D eigenvalue weighted by molar-refractivity contribution is -0.125. The highest BCUT2D eigenvalue weighted by Gasteiger charge is 2.34. The fourth-order valence-corrected chi connectivity index (χ4v) is 4.83. The maximum Gasteiger partial charge on any atom is 0.253 e. The van der Waals surface area contributed by atoms with Gasteiger partial charge in [0.05, 0.1) is 6.10 Å². The number of fused-ring (bicyclic) bond motifs is 1. The number of nitrogens with zero attached hydrogens (tertiary/aromatic N) is 2. The van der Waals surface area contributed by atoms with Gasteiger partial charge >= 0.3 is 0 Å². The summed E-state index contributed by atoms with van der Waals surface area (Å²) in [4.78, 5) is 31.9. The van der Waals surface area contributed by atoms with Crippen molar-refractivity contribution in [3.63, 3.8) is 0 Å². The minimum atomic E-state index is -0.0480. The van der Waals surface area contributed by atoms with E-state index in [9.17, 15) is 9.59 Å². The molecule has 2 heterocycles. The first-order valence-corrected chi connectivity index (χ1v) is 11.7. The summed E-state index contributed by atoms with van der Waals surface area (Å²) in [6.07, 6.45) is 4.55. The van der Waals surface area contributed by atoms with E-state index in [4.69, 9.17) is 9.15 Å². The first-order chi connectivity index (χ1) is 16.1. The Kier molecular flexibility index (Phi) is 6.13. The van der Waals surface area contributed by atoms with Crippen LogP contribution in [0.2, 0.25) is 0 Å². The lowest BCUT2D eigenvalue weighted by atomic mass is 10.1. The second kappa shape index (κ2) is 9.35. The van der Waals surface area contributed by atoms with Crippen molar-refractivity contribution in [1.82, 2.24) is 15.2 Å². The summed E-state index contributed by atoms with van der Waals surface area (Å²) >= 11 is 0. The van der Waals surface area contributed by atoms with Crippen LogP contribution in [0.25, 0.3) is 22.6 Å². The van der Waals surface area contributed by atoms with E-state index in [1.165, 1.54) is 0 Å². The van der Waals surface area contributed by atoms with E-state index in [2.05, 4.69) is 10.3 Å². The minimum Gasteiger partial charge on any atom is -0.436 e. The van der Waals surface area contributed by atoms with Gasteiger partial charge in [-0.05, 0) is 68.5 Å². The summed E-state index contributed by atoms with van der Waals surface area (Å²) in [6.45, 7) is 1.37. The Bertz CT molecular complexity index is 1100. The zero-order valence-electron chi connectivity index (χ0n) is 18.8. The van der Waals surface area contributed by atoms with Crippen LogP contribution in [0.5, 0.6) is 0 Å². The van der Waals surface area contributed by atoms with Gasteiger partial charge in [0.2, 0.25) is 11.8 Å². The van der Waals surface area contributed by atoms with Gasteiger partial charge in [-0.1, -0.05) is 12.1 Å². The number of hydrogen-bond acceptors (Lipinski definition) is 5. The molecule has 3 aromatic rings. The Morgan fingerprint density at radius 3 is 2.67 bits per heavy atom. The van der Waals surface area contributed by atoms with Gasteiger partial charge in [-0.2, -0.15) is 0 Å². The van der Waals surface area contributed by atoms with Crippen LogP contribution >= 0.6 is 0 Å². The molecule has 0 unspecified atom stereocenters. The van der Waals surface area contributed by atoms with Gasteiger partial charge in [-0.15, -0.1) is 0 Å². The summed E-state index contributed by atoms with van der Waals surface area (Å²) in [5.41, 5.74) is 2.99. The molecule has 1 aliphatic carbocycles. The van der Waals surface area contributed by atoms with Crippen LogP contribution in [-0.4, -0.2) is 54.0 Å². The second-order valence-electron chi connectivity index (χ2n) is 9.02. The summed E-state index contributed by atoms with van der Waals surface area (Å²) in [5.74, 6) is 0.533. The van der Waals surface area contributed by atoms with E-state index in [1.54, 1.807) is 4.90 Å². The lowest BCUT2D eigenvalue weighted by Gasteiger charge is -2.25. The van der Waals surface area contributed by atoms with Crippen molar-refractivity contribution in [3.8, 4) is 11.5 Å². The molecular weight excluding hydrogens is 418 g/mol. The van der Waals surface area contributed by atoms with Gasteiger partial charge in [0.15, 0.2) is 5.58 Å². The topological polar surface area (TPSA) is 84.7 Å². The largest absolute Gasteiger partial charge is 0.436 e. The van der Waals surface area contributed by atoms with E-state index < -0.39 is 0 Å². The molecule has 7 heteroatoms. The number of rotatable bonds is 6. The molecule has 1 aromatic heterocycles. The van der Waals surface area contributed by atoms with Crippen LogP contribution in [0.1, 0.15) is 42.5 Å². The second-order valence-corrected chi connectivity index (χ2v) is 9.02. The number of nitrogens with one attached hydrogen (secondary N) is 1. The summed E-state index contributed by atoms with van der Waals surface area (Å²) in [7, 11) is 1.83. The van der Waals surface area contributed by atoms with E-state index >= 15 is 0 Å². The van der Waals surface area contributed by atoms with Gasteiger partial charge in [0.1, 0.15) is 5.52 Å². The number of para-hydroxylation sites is 2. The standard InChI is InChI=1S/C26H29N3O4/c1-29(20-13-12-19(15-20)24(30)27-16-21-5-4-14-32-21)26(31)18-10-8-17(9-11-18)25-28-22-6-2-3-7-23(22)33-25/h2-3,6-11,19-21H,4-5,12-16H2,1H3,(H,27,30)/t19-,20+,21+/m0/s1. The first-order valence-electron chi connectivity index (χ1n) is 11.7. The molecule has 2 aromatic carbocycles.